The van der Waals surface area contributed by atoms with Gasteiger partial charge in [0.25, 0.3) is 0 Å². The number of fused-ring (bicyclic) bond motifs is 1. The molecule has 2 rings (SSSR count). The number of nitrogens with zero attached hydrogens (tertiary/aromatic N) is 2. The van der Waals surface area contributed by atoms with Crippen LogP contribution in [0.3, 0.4) is 0 Å². The van der Waals surface area contributed by atoms with Gasteiger partial charge >= 0.3 is 5.63 Å². The molecular formula is C11H14N2O2. The Hall–Kier alpha value is -1.58. The van der Waals surface area contributed by atoms with Crippen molar-refractivity contribution in [2.45, 2.75) is 26.7 Å². The van der Waals surface area contributed by atoms with E-state index in [-0.39, 0.29) is 5.63 Å². The van der Waals surface area contributed by atoms with Crippen LogP contribution in [0.4, 0.5) is 0 Å². The second kappa shape index (κ2) is 3.53. The largest absolute Gasteiger partial charge is 0.426 e. The third-order valence-electron chi connectivity index (χ3n) is 2.49. The highest BCUT2D eigenvalue weighted by atomic mass is 16.4. The molecule has 2 heterocycles. The predicted molar refractivity (Wildman–Crippen MR) is 58.0 cm³/mol. The van der Waals surface area contributed by atoms with Gasteiger partial charge in [-0.25, -0.2) is 4.79 Å². The summed E-state index contributed by atoms with van der Waals surface area (Å²) in [5.74, 6) is 0.742. The molecule has 4 nitrogen and oxygen atoms in total. The van der Waals surface area contributed by atoms with Crippen LogP contribution in [0.5, 0.6) is 0 Å². The first-order chi connectivity index (χ1) is 7.13. The lowest BCUT2D eigenvalue weighted by atomic mass is 10.2. The number of hydrogen-bond donors (Lipinski definition) is 0. The molecule has 0 unspecified atom stereocenters. The van der Waals surface area contributed by atoms with Crippen molar-refractivity contribution in [1.82, 2.24) is 9.78 Å². The van der Waals surface area contributed by atoms with Crippen molar-refractivity contribution in [2.75, 3.05) is 0 Å². The topological polar surface area (TPSA) is 48.0 Å². The van der Waals surface area contributed by atoms with Crippen LogP contribution in [0.1, 0.15) is 24.8 Å². The van der Waals surface area contributed by atoms with E-state index in [2.05, 4.69) is 12.0 Å². The Kier molecular flexibility index (Phi) is 2.34. The third kappa shape index (κ3) is 1.56. The minimum Gasteiger partial charge on any atom is -0.426 e. The first-order valence-electron chi connectivity index (χ1n) is 5.09. The second-order valence-electron chi connectivity index (χ2n) is 3.72. The lowest BCUT2D eigenvalue weighted by Crippen LogP contribution is -2.06. The Balaban J connectivity index is 2.76. The van der Waals surface area contributed by atoms with E-state index >= 15 is 0 Å². The zero-order valence-corrected chi connectivity index (χ0v) is 9.20. The van der Waals surface area contributed by atoms with Crippen molar-refractivity contribution in [2.24, 2.45) is 7.05 Å². The van der Waals surface area contributed by atoms with Crippen LogP contribution in [0.2, 0.25) is 0 Å². The van der Waals surface area contributed by atoms with Gasteiger partial charge < -0.3 is 4.42 Å². The molecule has 0 amide bonds. The normalized spacial score (nSPS) is 11.1. The van der Waals surface area contributed by atoms with Crippen LogP contribution in [0, 0.1) is 6.92 Å². The van der Waals surface area contributed by atoms with Gasteiger partial charge in [0.15, 0.2) is 5.52 Å². The Morgan fingerprint density at radius 1 is 1.53 bits per heavy atom. The summed E-state index contributed by atoms with van der Waals surface area (Å²) in [5, 5.41) is 5.11. The van der Waals surface area contributed by atoms with Crippen LogP contribution in [-0.2, 0) is 13.5 Å². The van der Waals surface area contributed by atoms with E-state index in [1.54, 1.807) is 11.7 Å². The Labute approximate surface area is 87.5 Å². The van der Waals surface area contributed by atoms with Crippen molar-refractivity contribution in [1.29, 1.82) is 0 Å². The van der Waals surface area contributed by atoms with Gasteiger partial charge in [0, 0.05) is 18.9 Å². The van der Waals surface area contributed by atoms with Gasteiger partial charge in [0.2, 0.25) is 0 Å². The molecule has 0 aromatic carbocycles. The molecule has 15 heavy (non-hydrogen) atoms. The van der Waals surface area contributed by atoms with Gasteiger partial charge in [-0.05, 0) is 19.4 Å². The number of aryl methyl sites for hydroxylation is 3. The zero-order chi connectivity index (χ0) is 11.0. The number of aromatic nitrogens is 2. The molecule has 0 fully saturated rings. The van der Waals surface area contributed by atoms with Crippen molar-refractivity contribution >= 4 is 10.9 Å². The minimum atomic E-state index is -0.293. The summed E-state index contributed by atoms with van der Waals surface area (Å²) < 4.78 is 6.78. The summed E-state index contributed by atoms with van der Waals surface area (Å²) in [6.07, 6.45) is 1.76. The molecule has 0 aliphatic carbocycles. The molecule has 2 aromatic rings. The van der Waals surface area contributed by atoms with E-state index in [4.69, 9.17) is 4.42 Å². The Morgan fingerprint density at radius 3 is 2.93 bits per heavy atom. The fraction of sp³-hybridized carbons (Fsp3) is 0.455. The van der Waals surface area contributed by atoms with Crippen molar-refractivity contribution < 1.29 is 4.42 Å². The maximum absolute atomic E-state index is 11.7. The molecule has 4 heteroatoms. The molecule has 0 spiro atoms. The maximum Gasteiger partial charge on any atom is 0.362 e. The second-order valence-corrected chi connectivity index (χ2v) is 3.72. The Morgan fingerprint density at radius 2 is 2.27 bits per heavy atom. The summed E-state index contributed by atoms with van der Waals surface area (Å²) in [7, 11) is 1.76. The predicted octanol–water partition coefficient (Wildman–Crippen LogP) is 1.79. The van der Waals surface area contributed by atoms with Gasteiger partial charge in [-0.1, -0.05) is 6.92 Å². The molecule has 0 bridgehead atoms. The Bertz CT molecular complexity index is 551. The van der Waals surface area contributed by atoms with E-state index in [1.807, 2.05) is 13.0 Å². The van der Waals surface area contributed by atoms with Crippen LogP contribution in [0.15, 0.2) is 15.3 Å². The van der Waals surface area contributed by atoms with E-state index in [0.717, 1.165) is 29.7 Å². The molecule has 2 aromatic heterocycles. The third-order valence-corrected chi connectivity index (χ3v) is 2.49. The summed E-state index contributed by atoms with van der Waals surface area (Å²) >= 11 is 0. The lowest BCUT2D eigenvalue weighted by molar-refractivity contribution is 0.461. The van der Waals surface area contributed by atoms with Crippen LogP contribution in [0.25, 0.3) is 10.9 Å². The molecule has 80 valence electrons. The zero-order valence-electron chi connectivity index (χ0n) is 9.20. The maximum atomic E-state index is 11.7. The first kappa shape index (κ1) is 9.96. The van der Waals surface area contributed by atoms with Crippen molar-refractivity contribution in [3.8, 4) is 0 Å². The quantitative estimate of drug-likeness (QED) is 0.752. The molecule has 0 N–H and O–H groups in total. The smallest absolute Gasteiger partial charge is 0.362 e. The van der Waals surface area contributed by atoms with Gasteiger partial charge in [0.05, 0.1) is 5.69 Å². The standard InChI is InChI=1S/C11H14N2O2/c1-4-5-8-6-9-7(2)12-13(3)10(9)11(14)15-8/h6H,4-5H2,1-3H3. The fourth-order valence-electron chi connectivity index (χ4n) is 1.82. The van der Waals surface area contributed by atoms with E-state index in [9.17, 15) is 4.79 Å². The average molecular weight is 206 g/mol. The van der Waals surface area contributed by atoms with E-state index in [1.165, 1.54) is 0 Å². The highest BCUT2D eigenvalue weighted by Crippen LogP contribution is 2.16. The molecule has 0 radical (unpaired) electrons. The monoisotopic (exact) mass is 206 g/mol. The molecule has 0 aliphatic rings. The van der Waals surface area contributed by atoms with Gasteiger partial charge in [-0.15, -0.1) is 0 Å². The average Bonchev–Trinajstić information content (AvgIpc) is 2.43. The number of rotatable bonds is 2. The van der Waals surface area contributed by atoms with E-state index < -0.39 is 0 Å². The van der Waals surface area contributed by atoms with E-state index in [0.29, 0.717) is 5.52 Å². The van der Waals surface area contributed by atoms with Crippen LogP contribution < -0.4 is 5.63 Å². The highest BCUT2D eigenvalue weighted by molar-refractivity contribution is 5.80. The number of hydrogen-bond acceptors (Lipinski definition) is 3. The summed E-state index contributed by atoms with van der Waals surface area (Å²) in [6.45, 7) is 3.96. The summed E-state index contributed by atoms with van der Waals surface area (Å²) in [4.78, 5) is 11.7. The molecule has 0 saturated heterocycles. The molecule has 0 aliphatic heterocycles. The highest BCUT2D eigenvalue weighted by Gasteiger charge is 2.11. The van der Waals surface area contributed by atoms with Crippen LogP contribution in [-0.4, -0.2) is 9.78 Å². The summed E-state index contributed by atoms with van der Waals surface area (Å²) in [5.41, 5.74) is 1.13. The van der Waals surface area contributed by atoms with Gasteiger partial charge in [0.1, 0.15) is 5.76 Å². The van der Waals surface area contributed by atoms with Gasteiger partial charge in [-0.2, -0.15) is 5.10 Å². The van der Waals surface area contributed by atoms with Crippen LogP contribution >= 0.6 is 0 Å². The summed E-state index contributed by atoms with van der Waals surface area (Å²) in [6, 6.07) is 1.92. The molecular weight excluding hydrogens is 192 g/mol. The fourth-order valence-corrected chi connectivity index (χ4v) is 1.82. The first-order valence-corrected chi connectivity index (χ1v) is 5.09. The molecule has 0 saturated carbocycles. The lowest BCUT2D eigenvalue weighted by Gasteiger charge is -1.97. The van der Waals surface area contributed by atoms with Crippen molar-refractivity contribution in [3.05, 3.63) is 27.9 Å². The van der Waals surface area contributed by atoms with Gasteiger partial charge in [-0.3, -0.25) is 4.68 Å². The SMILES string of the molecule is CCCc1cc2c(C)nn(C)c2c(=O)o1. The van der Waals surface area contributed by atoms with Crippen molar-refractivity contribution in [3.63, 3.8) is 0 Å². The minimum absolute atomic E-state index is 0.293. The molecule has 0 atom stereocenters.